The van der Waals surface area contributed by atoms with Gasteiger partial charge >= 0.3 is 11.9 Å². The highest BCUT2D eigenvalue weighted by Gasteiger charge is 2.14. The maximum Gasteiger partial charge on any atom is 0.343 e. The predicted octanol–water partition coefficient (Wildman–Crippen LogP) is 7.21. The molecule has 9 heteroatoms. The van der Waals surface area contributed by atoms with Gasteiger partial charge in [0.15, 0.2) is 5.76 Å². The number of nitrogens with one attached hydrogen (secondary N) is 1. The summed E-state index contributed by atoms with van der Waals surface area (Å²) in [5.74, 6) is 0.380. The Labute approximate surface area is 248 Å². The fraction of sp³-hybridized carbons (Fsp3) is 0.121. The molecule has 2 heterocycles. The van der Waals surface area contributed by atoms with E-state index in [0.717, 1.165) is 22.6 Å². The highest BCUT2D eigenvalue weighted by Crippen LogP contribution is 2.23. The summed E-state index contributed by atoms with van der Waals surface area (Å²) in [6.45, 7) is 6.20. The van der Waals surface area contributed by atoms with Crippen LogP contribution in [-0.2, 0) is 6.61 Å². The summed E-state index contributed by atoms with van der Waals surface area (Å²) in [6, 6.07) is 26.9. The van der Waals surface area contributed by atoms with E-state index in [2.05, 4.69) is 41.1 Å². The molecule has 42 heavy (non-hydrogen) atoms. The predicted molar refractivity (Wildman–Crippen MR) is 161 cm³/mol. The van der Waals surface area contributed by atoms with Crippen LogP contribution in [0.5, 0.6) is 11.5 Å². The SMILES string of the molecule is Cc1ccc(C(=O)Oc2ccc(Cl)cc2/C=N/NC(=O)c2ccc(COc3ccc(-n4c(C)ccc4C)cc3)o2)cc1. The molecule has 2 aromatic heterocycles. The van der Waals surface area contributed by atoms with Crippen molar-refractivity contribution in [2.45, 2.75) is 27.4 Å². The average Bonchev–Trinajstić information content (AvgIpc) is 3.60. The quantitative estimate of drug-likeness (QED) is 0.0858. The summed E-state index contributed by atoms with van der Waals surface area (Å²) >= 11 is 6.13. The molecule has 212 valence electrons. The number of hydrogen-bond acceptors (Lipinski definition) is 6. The molecule has 1 amide bonds. The number of halogens is 1. The largest absolute Gasteiger partial charge is 0.486 e. The van der Waals surface area contributed by atoms with Gasteiger partial charge in [-0.25, -0.2) is 10.2 Å². The van der Waals surface area contributed by atoms with Crippen molar-refractivity contribution in [3.8, 4) is 17.2 Å². The van der Waals surface area contributed by atoms with Crippen molar-refractivity contribution in [2.75, 3.05) is 0 Å². The number of hydrogen-bond donors (Lipinski definition) is 1. The number of carbonyl (C=O) groups excluding carboxylic acids is 2. The second-order valence-electron chi connectivity index (χ2n) is 9.64. The van der Waals surface area contributed by atoms with Crippen molar-refractivity contribution < 1.29 is 23.5 Å². The zero-order valence-electron chi connectivity index (χ0n) is 23.3. The van der Waals surface area contributed by atoms with Gasteiger partial charge in [-0.2, -0.15) is 5.10 Å². The second kappa shape index (κ2) is 12.6. The van der Waals surface area contributed by atoms with Crippen LogP contribution in [0.3, 0.4) is 0 Å². The van der Waals surface area contributed by atoms with Crippen molar-refractivity contribution in [1.82, 2.24) is 9.99 Å². The van der Waals surface area contributed by atoms with Gasteiger partial charge in [0.05, 0.1) is 11.8 Å². The fourth-order valence-electron chi connectivity index (χ4n) is 4.28. The van der Waals surface area contributed by atoms with Crippen LogP contribution >= 0.6 is 11.6 Å². The van der Waals surface area contributed by atoms with Crippen LogP contribution in [0.1, 0.15) is 49.2 Å². The topological polar surface area (TPSA) is 95.1 Å². The third-order valence-corrected chi connectivity index (χ3v) is 6.70. The maximum absolute atomic E-state index is 12.6. The average molecular weight is 582 g/mol. The first-order valence-electron chi connectivity index (χ1n) is 13.2. The molecule has 1 N–H and O–H groups in total. The molecule has 0 atom stereocenters. The van der Waals surface area contributed by atoms with E-state index in [1.54, 1.807) is 42.5 Å². The molecular formula is C33H28ClN3O5. The molecule has 0 aliphatic rings. The molecule has 0 aliphatic carbocycles. The van der Waals surface area contributed by atoms with Crippen LogP contribution in [0, 0.1) is 20.8 Å². The highest BCUT2D eigenvalue weighted by molar-refractivity contribution is 6.31. The molecule has 0 bridgehead atoms. The number of nitrogens with zero attached hydrogens (tertiary/aromatic N) is 2. The number of rotatable bonds is 9. The number of esters is 1. The Morgan fingerprint density at radius 1 is 0.905 bits per heavy atom. The molecule has 0 saturated heterocycles. The van der Waals surface area contributed by atoms with Gasteiger partial charge in [-0.15, -0.1) is 0 Å². The molecule has 5 aromatic rings. The van der Waals surface area contributed by atoms with Crippen LogP contribution < -0.4 is 14.9 Å². The molecule has 0 unspecified atom stereocenters. The van der Waals surface area contributed by atoms with Gasteiger partial charge < -0.3 is 18.5 Å². The first-order valence-corrected chi connectivity index (χ1v) is 13.5. The zero-order chi connectivity index (χ0) is 29.6. The number of benzene rings is 3. The molecular weight excluding hydrogens is 554 g/mol. The molecule has 3 aromatic carbocycles. The minimum atomic E-state index is -0.556. The second-order valence-corrected chi connectivity index (χ2v) is 10.1. The summed E-state index contributed by atoms with van der Waals surface area (Å²) in [4.78, 5) is 25.2. The Kier molecular flexibility index (Phi) is 8.55. The molecule has 0 radical (unpaired) electrons. The lowest BCUT2D eigenvalue weighted by molar-refractivity contribution is 0.0734. The summed E-state index contributed by atoms with van der Waals surface area (Å²) in [5, 5.41) is 4.40. The Balaban J connectivity index is 1.17. The number of aromatic nitrogens is 1. The summed E-state index contributed by atoms with van der Waals surface area (Å²) < 4.78 is 19.2. The van der Waals surface area contributed by atoms with Gasteiger partial charge in [0.2, 0.25) is 0 Å². The van der Waals surface area contributed by atoms with Crippen LogP contribution in [0.15, 0.2) is 101 Å². The number of amides is 1. The van der Waals surface area contributed by atoms with Crippen molar-refractivity contribution >= 4 is 29.7 Å². The van der Waals surface area contributed by atoms with Gasteiger partial charge in [0.25, 0.3) is 0 Å². The first-order chi connectivity index (χ1) is 20.3. The van der Waals surface area contributed by atoms with Crippen LogP contribution in [0.4, 0.5) is 0 Å². The monoisotopic (exact) mass is 581 g/mol. The standard InChI is InChI=1S/C33H28ClN3O5/c1-21-4-8-24(9-5-21)33(39)42-30-16-10-26(34)18-25(30)19-35-36-32(38)31-17-15-29(41-31)20-40-28-13-11-27(12-14-28)37-22(2)6-7-23(37)3/h4-19H,20H2,1-3H3,(H,36,38)/b35-19+. The first kappa shape index (κ1) is 28.4. The normalized spacial score (nSPS) is 11.0. The van der Waals surface area contributed by atoms with E-state index >= 15 is 0 Å². The van der Waals surface area contributed by atoms with E-state index < -0.39 is 11.9 Å². The minimum Gasteiger partial charge on any atom is -0.486 e. The van der Waals surface area contributed by atoms with E-state index in [9.17, 15) is 9.59 Å². The molecule has 5 rings (SSSR count). The number of hydrazone groups is 1. The third-order valence-electron chi connectivity index (χ3n) is 6.46. The number of aryl methyl sites for hydroxylation is 3. The molecule has 0 aliphatic heterocycles. The molecule has 8 nitrogen and oxygen atoms in total. The summed E-state index contributed by atoms with van der Waals surface area (Å²) in [6.07, 6.45) is 1.34. The van der Waals surface area contributed by atoms with Gasteiger partial charge in [-0.3, -0.25) is 4.79 Å². The van der Waals surface area contributed by atoms with E-state index in [1.165, 1.54) is 6.21 Å². The smallest absolute Gasteiger partial charge is 0.343 e. The Morgan fingerprint density at radius 3 is 2.33 bits per heavy atom. The van der Waals surface area contributed by atoms with Gasteiger partial charge in [-0.05, 0) is 99.6 Å². The molecule has 0 saturated carbocycles. The van der Waals surface area contributed by atoms with E-state index in [0.29, 0.717) is 27.7 Å². The van der Waals surface area contributed by atoms with Crippen molar-refractivity contribution in [2.24, 2.45) is 5.10 Å². The van der Waals surface area contributed by atoms with Crippen molar-refractivity contribution in [3.63, 3.8) is 0 Å². The van der Waals surface area contributed by atoms with Crippen molar-refractivity contribution in [3.05, 3.63) is 136 Å². The van der Waals surface area contributed by atoms with Crippen LogP contribution in [0.25, 0.3) is 5.69 Å². The van der Waals surface area contributed by atoms with Gasteiger partial charge in [0, 0.05) is 27.7 Å². The Morgan fingerprint density at radius 2 is 1.62 bits per heavy atom. The number of carbonyl (C=O) groups is 2. The lowest BCUT2D eigenvalue weighted by Gasteiger charge is -2.10. The van der Waals surface area contributed by atoms with E-state index in [4.69, 9.17) is 25.5 Å². The third kappa shape index (κ3) is 6.79. The lowest BCUT2D eigenvalue weighted by Crippen LogP contribution is -2.17. The fourth-order valence-corrected chi connectivity index (χ4v) is 4.46. The number of furan rings is 1. The van der Waals surface area contributed by atoms with Crippen LogP contribution in [0.2, 0.25) is 5.02 Å². The highest BCUT2D eigenvalue weighted by atomic mass is 35.5. The molecule has 0 fully saturated rings. The van der Waals surface area contributed by atoms with Gasteiger partial charge in [-0.1, -0.05) is 29.3 Å². The molecule has 0 spiro atoms. The lowest BCUT2D eigenvalue weighted by atomic mass is 10.1. The van der Waals surface area contributed by atoms with Gasteiger partial charge in [0.1, 0.15) is 23.9 Å². The minimum absolute atomic E-state index is 0.0665. The van der Waals surface area contributed by atoms with E-state index in [1.807, 2.05) is 43.3 Å². The Bertz CT molecular complexity index is 1730. The summed E-state index contributed by atoms with van der Waals surface area (Å²) in [7, 11) is 0. The van der Waals surface area contributed by atoms with E-state index in [-0.39, 0.29) is 18.1 Å². The number of ether oxygens (including phenoxy) is 2. The van der Waals surface area contributed by atoms with Crippen LogP contribution in [-0.4, -0.2) is 22.7 Å². The summed E-state index contributed by atoms with van der Waals surface area (Å²) in [5.41, 5.74) is 7.61. The Hall–Kier alpha value is -5.08. The van der Waals surface area contributed by atoms with Crippen molar-refractivity contribution in [1.29, 1.82) is 0 Å². The maximum atomic E-state index is 12.6. The zero-order valence-corrected chi connectivity index (χ0v) is 24.0.